The molecule has 0 spiro atoms. The fourth-order valence-corrected chi connectivity index (χ4v) is 5.32. The lowest BCUT2D eigenvalue weighted by atomic mass is 10.0. The minimum Gasteiger partial charge on any atom is -0.0806 e. The Morgan fingerprint density at radius 2 is 1.89 bits per heavy atom. The van der Waals surface area contributed by atoms with Crippen LogP contribution in [0.15, 0.2) is 41.1 Å². The molecule has 0 atom stereocenters. The highest BCUT2D eigenvalue weighted by atomic mass is 28.2. The molecule has 1 aromatic carbocycles. The van der Waals surface area contributed by atoms with E-state index in [1.165, 1.54) is 25.7 Å². The topological polar surface area (TPSA) is 0 Å². The fourth-order valence-electron chi connectivity index (χ4n) is 3.01. The van der Waals surface area contributed by atoms with E-state index in [0.717, 1.165) is 0 Å². The monoisotopic (exact) mass is 256 g/mol. The number of benzene rings is 1. The standard InChI is InChI=1S/C17H24Si/c1-4-13-9-7-12-17(15(13)6-3)18-16-11-8-10-14(16)5-2/h7-10,12H,4-6,11,18H2,1-3H3. The Morgan fingerprint density at radius 3 is 2.56 bits per heavy atom. The van der Waals surface area contributed by atoms with Crippen molar-refractivity contribution in [2.75, 3.05) is 0 Å². The molecule has 0 amide bonds. The number of hydrogen-bond donors (Lipinski definition) is 0. The van der Waals surface area contributed by atoms with Crippen LogP contribution in [0.25, 0.3) is 0 Å². The first kappa shape index (κ1) is 13.4. The summed E-state index contributed by atoms with van der Waals surface area (Å²) in [6.07, 6.45) is 9.47. The largest absolute Gasteiger partial charge is 0.0835 e. The molecule has 2 rings (SSSR count). The summed E-state index contributed by atoms with van der Waals surface area (Å²) < 4.78 is 0. The van der Waals surface area contributed by atoms with Crippen LogP contribution in [0.1, 0.15) is 44.7 Å². The van der Waals surface area contributed by atoms with Crippen LogP contribution in [0.3, 0.4) is 0 Å². The lowest BCUT2D eigenvalue weighted by molar-refractivity contribution is 1.05. The molecule has 0 saturated heterocycles. The number of aryl methyl sites for hydroxylation is 1. The molecule has 0 heterocycles. The molecule has 0 fully saturated rings. The quantitative estimate of drug-likeness (QED) is 0.710. The smallest absolute Gasteiger partial charge is 0.0806 e. The van der Waals surface area contributed by atoms with Crippen molar-refractivity contribution in [3.05, 3.63) is 52.2 Å². The van der Waals surface area contributed by atoms with Gasteiger partial charge < -0.3 is 0 Å². The highest BCUT2D eigenvalue weighted by molar-refractivity contribution is 6.62. The maximum absolute atomic E-state index is 2.38. The third-order valence-electron chi connectivity index (χ3n) is 4.03. The fraction of sp³-hybridized carbons (Fsp3) is 0.412. The highest BCUT2D eigenvalue weighted by Gasteiger charge is 2.12. The van der Waals surface area contributed by atoms with Crippen molar-refractivity contribution in [3.8, 4) is 0 Å². The van der Waals surface area contributed by atoms with Crippen molar-refractivity contribution in [1.29, 1.82) is 0 Å². The minimum atomic E-state index is -0.247. The van der Waals surface area contributed by atoms with Gasteiger partial charge in [0, 0.05) is 0 Å². The first-order chi connectivity index (χ1) is 8.80. The molecule has 0 aliphatic heterocycles. The van der Waals surface area contributed by atoms with Crippen LogP contribution in [0.5, 0.6) is 0 Å². The molecule has 0 nitrogen and oxygen atoms in total. The summed E-state index contributed by atoms with van der Waals surface area (Å²) in [6.45, 7) is 6.85. The maximum Gasteiger partial charge on any atom is 0.0835 e. The third kappa shape index (κ3) is 2.67. The van der Waals surface area contributed by atoms with Gasteiger partial charge in [-0.15, -0.1) is 0 Å². The molecular weight excluding hydrogens is 232 g/mol. The zero-order chi connectivity index (χ0) is 13.0. The SMILES string of the molecule is CCC1=C([SiH2]c2cccc(CC)c2CC)CC=C1. The molecule has 0 bridgehead atoms. The van der Waals surface area contributed by atoms with E-state index in [0.29, 0.717) is 0 Å². The third-order valence-corrected chi connectivity index (χ3v) is 6.24. The van der Waals surface area contributed by atoms with E-state index >= 15 is 0 Å². The summed E-state index contributed by atoms with van der Waals surface area (Å²) in [5.41, 5.74) is 4.82. The molecule has 96 valence electrons. The van der Waals surface area contributed by atoms with Crippen molar-refractivity contribution in [2.24, 2.45) is 0 Å². The normalized spacial score (nSPS) is 15.3. The second kappa shape index (κ2) is 6.19. The molecule has 0 saturated carbocycles. The molecule has 0 radical (unpaired) electrons. The van der Waals surface area contributed by atoms with Gasteiger partial charge in [0.15, 0.2) is 0 Å². The summed E-state index contributed by atoms with van der Waals surface area (Å²) in [6, 6.07) is 6.94. The summed E-state index contributed by atoms with van der Waals surface area (Å²) >= 11 is 0. The highest BCUT2D eigenvalue weighted by Crippen LogP contribution is 2.21. The van der Waals surface area contributed by atoms with Gasteiger partial charge >= 0.3 is 0 Å². The summed E-state index contributed by atoms with van der Waals surface area (Å²) in [5, 5.41) is 3.45. The van der Waals surface area contributed by atoms with Crippen LogP contribution >= 0.6 is 0 Å². The Kier molecular flexibility index (Phi) is 4.59. The Balaban J connectivity index is 2.30. The van der Waals surface area contributed by atoms with E-state index in [9.17, 15) is 0 Å². The van der Waals surface area contributed by atoms with Gasteiger partial charge in [-0.25, -0.2) is 0 Å². The Hall–Kier alpha value is -1.08. The predicted molar refractivity (Wildman–Crippen MR) is 84.5 cm³/mol. The number of hydrogen-bond acceptors (Lipinski definition) is 0. The lowest BCUT2D eigenvalue weighted by Gasteiger charge is -2.13. The molecule has 18 heavy (non-hydrogen) atoms. The Bertz CT molecular complexity index is 480. The van der Waals surface area contributed by atoms with Gasteiger partial charge in [0.05, 0.1) is 9.52 Å². The van der Waals surface area contributed by atoms with E-state index < -0.39 is 0 Å². The van der Waals surface area contributed by atoms with Crippen molar-refractivity contribution >= 4 is 14.7 Å². The van der Waals surface area contributed by atoms with Gasteiger partial charge in [0.2, 0.25) is 0 Å². The first-order valence-electron chi connectivity index (χ1n) is 7.27. The van der Waals surface area contributed by atoms with E-state index in [1.807, 2.05) is 0 Å². The first-order valence-corrected chi connectivity index (χ1v) is 8.68. The van der Waals surface area contributed by atoms with Gasteiger partial charge in [-0.3, -0.25) is 0 Å². The van der Waals surface area contributed by atoms with Crippen LogP contribution in [0.2, 0.25) is 0 Å². The minimum absolute atomic E-state index is 0.247. The molecular formula is C17H24Si. The van der Waals surface area contributed by atoms with Gasteiger partial charge in [-0.1, -0.05) is 67.1 Å². The van der Waals surface area contributed by atoms with Crippen molar-refractivity contribution in [2.45, 2.75) is 46.5 Å². The number of rotatable bonds is 5. The second-order valence-electron chi connectivity index (χ2n) is 5.03. The molecule has 1 aromatic rings. The summed E-state index contributed by atoms with van der Waals surface area (Å²) in [5.74, 6) is 0. The van der Waals surface area contributed by atoms with Crippen molar-refractivity contribution in [3.63, 3.8) is 0 Å². The molecule has 0 unspecified atom stereocenters. The Labute approximate surface area is 114 Å². The molecule has 1 aliphatic carbocycles. The molecule has 1 heteroatoms. The van der Waals surface area contributed by atoms with Gasteiger partial charge in [0.25, 0.3) is 0 Å². The predicted octanol–water partition coefficient (Wildman–Crippen LogP) is 3.23. The average molecular weight is 256 g/mol. The molecule has 0 aromatic heterocycles. The van der Waals surface area contributed by atoms with E-state index in [4.69, 9.17) is 0 Å². The van der Waals surface area contributed by atoms with Crippen LogP contribution in [0.4, 0.5) is 0 Å². The number of allylic oxidation sites excluding steroid dienone is 4. The van der Waals surface area contributed by atoms with Gasteiger partial charge in [-0.2, -0.15) is 0 Å². The van der Waals surface area contributed by atoms with Crippen LogP contribution in [-0.2, 0) is 12.8 Å². The van der Waals surface area contributed by atoms with Crippen molar-refractivity contribution < 1.29 is 0 Å². The van der Waals surface area contributed by atoms with Crippen LogP contribution in [0, 0.1) is 0 Å². The van der Waals surface area contributed by atoms with Crippen LogP contribution < -0.4 is 5.19 Å². The van der Waals surface area contributed by atoms with Gasteiger partial charge in [-0.05, 0) is 36.8 Å². The summed E-state index contributed by atoms with van der Waals surface area (Å²) in [7, 11) is -0.247. The van der Waals surface area contributed by atoms with E-state index in [2.05, 4.69) is 51.1 Å². The summed E-state index contributed by atoms with van der Waals surface area (Å²) in [4.78, 5) is 0. The maximum atomic E-state index is 2.38. The Morgan fingerprint density at radius 1 is 1.06 bits per heavy atom. The van der Waals surface area contributed by atoms with Crippen molar-refractivity contribution in [1.82, 2.24) is 0 Å². The lowest BCUT2D eigenvalue weighted by Crippen LogP contribution is -2.22. The molecule has 1 aliphatic rings. The van der Waals surface area contributed by atoms with E-state index in [1.54, 1.807) is 27.1 Å². The zero-order valence-electron chi connectivity index (χ0n) is 11.9. The average Bonchev–Trinajstić information content (AvgIpc) is 2.85. The van der Waals surface area contributed by atoms with Crippen LogP contribution in [-0.4, -0.2) is 9.52 Å². The van der Waals surface area contributed by atoms with Gasteiger partial charge in [0.1, 0.15) is 0 Å². The second-order valence-corrected chi connectivity index (χ2v) is 7.00. The van der Waals surface area contributed by atoms with E-state index in [-0.39, 0.29) is 9.52 Å². The zero-order valence-corrected chi connectivity index (χ0v) is 13.3. The molecule has 0 N–H and O–H groups in total.